The lowest BCUT2D eigenvalue weighted by atomic mass is 9.85. The summed E-state index contributed by atoms with van der Waals surface area (Å²) in [7, 11) is 0. The molecule has 0 radical (unpaired) electrons. The van der Waals surface area contributed by atoms with Crippen molar-refractivity contribution < 1.29 is 0 Å². The Labute approximate surface area is 272 Å². The summed E-state index contributed by atoms with van der Waals surface area (Å²) in [4.78, 5) is 2.31. The zero-order chi connectivity index (χ0) is 30.5. The second-order valence-electron chi connectivity index (χ2n) is 11.7. The van der Waals surface area contributed by atoms with Crippen LogP contribution in [0.4, 0.5) is 17.1 Å². The molecule has 0 aliphatic heterocycles. The average Bonchev–Trinajstić information content (AvgIpc) is 3.50. The van der Waals surface area contributed by atoms with E-state index in [0.29, 0.717) is 0 Å². The van der Waals surface area contributed by atoms with Crippen LogP contribution in [-0.4, -0.2) is 0 Å². The first-order valence-corrected chi connectivity index (χ1v) is 16.5. The zero-order valence-corrected chi connectivity index (χ0v) is 25.9. The fourth-order valence-electron chi connectivity index (χ4n) is 7.01. The minimum absolute atomic E-state index is 1.13. The maximum Gasteiger partial charge on any atom is 0.0462 e. The maximum atomic E-state index is 2.40. The highest BCUT2D eigenvalue weighted by atomic mass is 32.1. The smallest absolute Gasteiger partial charge is 0.0462 e. The molecule has 1 heterocycles. The van der Waals surface area contributed by atoms with Crippen molar-refractivity contribution in [3.05, 3.63) is 176 Å². The third-order valence-electron chi connectivity index (χ3n) is 9.04. The summed E-state index contributed by atoms with van der Waals surface area (Å²) < 4.78 is 2.66. The van der Waals surface area contributed by atoms with Crippen LogP contribution < -0.4 is 4.90 Å². The molecule has 9 aromatic rings. The van der Waals surface area contributed by atoms with Gasteiger partial charge in [-0.3, -0.25) is 0 Å². The molecule has 8 aromatic carbocycles. The van der Waals surface area contributed by atoms with Gasteiger partial charge >= 0.3 is 0 Å². The van der Waals surface area contributed by atoms with E-state index < -0.39 is 0 Å². The molecular formula is C44H29NS. The quantitative estimate of drug-likeness (QED) is 0.177. The molecule has 0 N–H and O–H groups in total. The van der Waals surface area contributed by atoms with Crippen LogP contribution in [0.3, 0.4) is 0 Å². The predicted molar refractivity (Wildman–Crippen MR) is 200 cm³/mol. The summed E-state index contributed by atoms with van der Waals surface area (Å²) in [6.45, 7) is 0. The summed E-state index contributed by atoms with van der Waals surface area (Å²) >= 11 is 1.87. The number of anilines is 3. The molecule has 0 fully saturated rings. The van der Waals surface area contributed by atoms with Crippen molar-refractivity contribution in [2.24, 2.45) is 0 Å². The molecule has 0 saturated carbocycles. The van der Waals surface area contributed by atoms with Gasteiger partial charge in [-0.25, -0.2) is 0 Å². The molecule has 0 spiro atoms. The monoisotopic (exact) mass is 603 g/mol. The number of fused-ring (bicyclic) bond motifs is 5. The van der Waals surface area contributed by atoms with E-state index in [0.717, 1.165) is 17.1 Å². The normalized spacial score (nSPS) is 11.5. The van der Waals surface area contributed by atoms with E-state index in [-0.39, 0.29) is 0 Å². The summed E-state index contributed by atoms with van der Waals surface area (Å²) in [5.74, 6) is 0. The Hall–Kier alpha value is -5.70. The Morgan fingerprint density at radius 3 is 1.28 bits per heavy atom. The molecule has 0 saturated heterocycles. The second kappa shape index (κ2) is 11.0. The largest absolute Gasteiger partial charge is 0.311 e. The summed E-state index contributed by atoms with van der Waals surface area (Å²) in [6, 6.07) is 63.8. The summed E-state index contributed by atoms with van der Waals surface area (Å²) in [6.07, 6.45) is 0. The highest BCUT2D eigenvalue weighted by molar-refractivity contribution is 7.25. The fourth-order valence-corrected chi connectivity index (χ4v) is 8.10. The topological polar surface area (TPSA) is 3.24 Å². The van der Waals surface area contributed by atoms with E-state index in [1.807, 2.05) is 11.3 Å². The van der Waals surface area contributed by atoms with Gasteiger partial charge in [-0.1, -0.05) is 121 Å². The van der Waals surface area contributed by atoms with Crippen LogP contribution in [-0.2, 0) is 0 Å². The van der Waals surface area contributed by atoms with Crippen molar-refractivity contribution in [2.45, 2.75) is 0 Å². The van der Waals surface area contributed by atoms with Gasteiger partial charge in [0.15, 0.2) is 0 Å². The highest BCUT2D eigenvalue weighted by Crippen LogP contribution is 2.46. The first kappa shape index (κ1) is 26.7. The number of hydrogen-bond acceptors (Lipinski definition) is 2. The molecule has 0 atom stereocenters. The van der Waals surface area contributed by atoms with E-state index in [1.54, 1.807) is 0 Å². The summed E-state index contributed by atoms with van der Waals surface area (Å²) in [5, 5.41) is 7.73. The van der Waals surface area contributed by atoms with Crippen molar-refractivity contribution in [3.63, 3.8) is 0 Å². The first-order valence-electron chi connectivity index (χ1n) is 15.7. The van der Waals surface area contributed by atoms with Gasteiger partial charge in [-0.05, 0) is 98.4 Å². The van der Waals surface area contributed by atoms with Crippen LogP contribution in [0.2, 0.25) is 0 Å². The third kappa shape index (κ3) is 4.38. The molecular weight excluding hydrogens is 575 g/mol. The van der Waals surface area contributed by atoms with Crippen LogP contribution in [0.1, 0.15) is 0 Å². The molecule has 0 aliphatic carbocycles. The van der Waals surface area contributed by atoms with E-state index in [9.17, 15) is 0 Å². The van der Waals surface area contributed by atoms with Gasteiger partial charge in [-0.15, -0.1) is 11.3 Å². The number of para-hydroxylation sites is 2. The lowest BCUT2D eigenvalue weighted by Crippen LogP contribution is -2.09. The molecule has 1 aromatic heterocycles. The molecule has 9 rings (SSSR count). The van der Waals surface area contributed by atoms with Crippen molar-refractivity contribution in [1.29, 1.82) is 0 Å². The molecule has 216 valence electrons. The van der Waals surface area contributed by atoms with Crippen LogP contribution in [0.25, 0.3) is 64.0 Å². The standard InChI is InChI=1S/C44H29NS/c1-3-13-32(14-4-1)45(33-15-5-2-6-16-33)34-26-23-30(24-27-34)43-36-18-7-9-20-38(36)44(39-21-10-8-19-37(39)43)31-25-28-42-40(29-31)35-17-11-12-22-41(35)46-42/h1-29H. The van der Waals surface area contributed by atoms with Crippen molar-refractivity contribution in [2.75, 3.05) is 4.90 Å². The molecule has 0 aliphatic rings. The molecule has 2 heteroatoms. The van der Waals surface area contributed by atoms with Crippen LogP contribution in [0, 0.1) is 0 Å². The molecule has 0 unspecified atom stereocenters. The highest BCUT2D eigenvalue weighted by Gasteiger charge is 2.18. The molecule has 46 heavy (non-hydrogen) atoms. The van der Waals surface area contributed by atoms with Crippen molar-refractivity contribution in [1.82, 2.24) is 0 Å². The Morgan fingerprint density at radius 2 is 0.717 bits per heavy atom. The Bertz CT molecular complexity index is 2420. The second-order valence-corrected chi connectivity index (χ2v) is 12.8. The fraction of sp³-hybridized carbons (Fsp3) is 0. The first-order chi connectivity index (χ1) is 22.8. The van der Waals surface area contributed by atoms with E-state index in [1.165, 1.54) is 64.0 Å². The molecule has 0 bridgehead atoms. The Balaban J connectivity index is 1.24. The lowest BCUT2D eigenvalue weighted by Gasteiger charge is -2.25. The van der Waals surface area contributed by atoms with Gasteiger partial charge < -0.3 is 4.90 Å². The van der Waals surface area contributed by atoms with Crippen LogP contribution >= 0.6 is 11.3 Å². The van der Waals surface area contributed by atoms with Crippen molar-refractivity contribution in [3.8, 4) is 22.3 Å². The van der Waals surface area contributed by atoms with Gasteiger partial charge in [0.1, 0.15) is 0 Å². The van der Waals surface area contributed by atoms with Crippen molar-refractivity contribution >= 4 is 70.1 Å². The Kier molecular flexibility index (Phi) is 6.40. The van der Waals surface area contributed by atoms with E-state index in [2.05, 4.69) is 181 Å². The number of nitrogens with zero attached hydrogens (tertiary/aromatic N) is 1. The zero-order valence-electron chi connectivity index (χ0n) is 25.1. The minimum atomic E-state index is 1.13. The maximum absolute atomic E-state index is 2.40. The van der Waals surface area contributed by atoms with E-state index in [4.69, 9.17) is 0 Å². The SMILES string of the molecule is c1ccc(N(c2ccccc2)c2ccc(-c3c4ccccc4c(-c4ccc5sc6ccccc6c5c4)c4ccccc34)cc2)cc1. The van der Waals surface area contributed by atoms with Crippen LogP contribution in [0.15, 0.2) is 176 Å². The summed E-state index contributed by atoms with van der Waals surface area (Å²) in [5.41, 5.74) is 8.43. The number of benzene rings is 8. The number of thiophene rings is 1. The van der Waals surface area contributed by atoms with Gasteiger partial charge in [-0.2, -0.15) is 0 Å². The van der Waals surface area contributed by atoms with Gasteiger partial charge in [0.2, 0.25) is 0 Å². The molecule has 1 nitrogen and oxygen atoms in total. The lowest BCUT2D eigenvalue weighted by molar-refractivity contribution is 1.28. The number of hydrogen-bond donors (Lipinski definition) is 0. The van der Waals surface area contributed by atoms with E-state index >= 15 is 0 Å². The van der Waals surface area contributed by atoms with Gasteiger partial charge in [0.25, 0.3) is 0 Å². The molecule has 0 amide bonds. The Morgan fingerprint density at radius 1 is 0.304 bits per heavy atom. The minimum Gasteiger partial charge on any atom is -0.311 e. The van der Waals surface area contributed by atoms with Gasteiger partial charge in [0, 0.05) is 37.2 Å². The van der Waals surface area contributed by atoms with Crippen LogP contribution in [0.5, 0.6) is 0 Å². The predicted octanol–water partition coefficient (Wildman–Crippen LogP) is 13.2. The number of rotatable bonds is 5. The average molecular weight is 604 g/mol. The van der Waals surface area contributed by atoms with Gasteiger partial charge in [0.05, 0.1) is 0 Å². The third-order valence-corrected chi connectivity index (χ3v) is 10.2.